The molecule has 0 saturated carbocycles. The Morgan fingerprint density at radius 2 is 0.641 bits per heavy atom. The molecule has 6 heteroatoms. The van der Waals surface area contributed by atoms with Crippen molar-refractivity contribution in [2.75, 3.05) is 14.7 Å². The SMILES string of the molecule is CC1(C)C2=C(C=CCC2)N(c2cccc(C(=O)c3cc(C(=O)c4cccc(N5c6ccccc6C(C)(C)c6ccccc65)c4)cc(C(=O)c4cccc(N5c6ccccc6C(C)(C)c6ccccc65)c4)c3)c2)c2ccccc21. The fourth-order valence-electron chi connectivity index (χ4n) is 13.0. The Morgan fingerprint density at radius 1 is 0.333 bits per heavy atom. The summed E-state index contributed by atoms with van der Waals surface area (Å²) in [5.41, 5.74) is 17.5. The van der Waals surface area contributed by atoms with Crippen LogP contribution >= 0.6 is 0 Å². The molecule has 13 rings (SSSR count). The standard InChI is InChI=1S/C72H59N3O3/c1-70(2)55-28-7-13-34-61(55)73(62-35-14-8-29-56(62)70)52-25-19-22-46(43-52)67(76)49-40-50(68(77)47-23-20-26-53(44-47)74-63-36-15-9-30-57(63)71(3,4)58-31-10-16-37-64(58)74)42-51(41-49)69(78)48-24-21-27-54(45-48)75-65-38-17-11-32-59(65)72(5,6)60-33-12-18-39-66(60)75/h7-11,13-32,34-45H,12,33H2,1-6H3. The molecule has 0 fully saturated rings. The summed E-state index contributed by atoms with van der Waals surface area (Å²) in [5, 5.41) is 0. The summed E-state index contributed by atoms with van der Waals surface area (Å²) in [4.78, 5) is 52.8. The monoisotopic (exact) mass is 1010 g/mol. The lowest BCUT2D eigenvalue weighted by Gasteiger charge is -2.44. The number of anilines is 8. The van der Waals surface area contributed by atoms with Crippen LogP contribution in [0.3, 0.4) is 0 Å². The van der Waals surface area contributed by atoms with Crippen LogP contribution in [0.15, 0.2) is 236 Å². The van der Waals surface area contributed by atoms with Gasteiger partial charge in [-0.25, -0.2) is 0 Å². The Hall–Kier alpha value is -9.13. The molecule has 1 aliphatic carbocycles. The molecule has 0 spiro atoms. The highest BCUT2D eigenvalue weighted by atomic mass is 16.1. The molecule has 0 saturated heterocycles. The van der Waals surface area contributed by atoms with E-state index in [2.05, 4.69) is 190 Å². The molecular weight excluding hydrogens is 955 g/mol. The van der Waals surface area contributed by atoms with Crippen LogP contribution in [0, 0.1) is 0 Å². The molecule has 78 heavy (non-hydrogen) atoms. The smallest absolute Gasteiger partial charge is 0.193 e. The van der Waals surface area contributed by atoms with Crippen molar-refractivity contribution in [3.05, 3.63) is 297 Å². The number of nitrogens with zero attached hydrogens (tertiary/aromatic N) is 3. The maximum absolute atomic E-state index is 15.3. The van der Waals surface area contributed by atoms with Gasteiger partial charge in [-0.2, -0.15) is 0 Å². The molecule has 380 valence electrons. The summed E-state index contributed by atoms with van der Waals surface area (Å²) in [6.45, 7) is 13.6. The molecule has 9 aromatic rings. The second kappa shape index (κ2) is 18.3. The van der Waals surface area contributed by atoms with E-state index in [1.54, 1.807) is 18.2 Å². The first kappa shape index (κ1) is 48.5. The van der Waals surface area contributed by atoms with Crippen molar-refractivity contribution in [3.8, 4) is 0 Å². The number of hydrogen-bond acceptors (Lipinski definition) is 6. The Morgan fingerprint density at radius 3 is 1.00 bits per heavy atom. The molecule has 0 unspecified atom stereocenters. The molecule has 0 bridgehead atoms. The molecule has 0 atom stereocenters. The molecule has 3 aliphatic heterocycles. The van der Waals surface area contributed by atoms with Gasteiger partial charge in [0.25, 0.3) is 0 Å². The number of carbonyl (C=O) groups is 3. The van der Waals surface area contributed by atoms with Crippen molar-refractivity contribution in [1.29, 1.82) is 0 Å². The number of para-hydroxylation sites is 5. The first-order chi connectivity index (χ1) is 37.7. The molecular formula is C72H59N3O3. The highest BCUT2D eigenvalue weighted by molar-refractivity contribution is 6.18. The highest BCUT2D eigenvalue weighted by Crippen LogP contribution is 2.54. The average molecular weight is 1010 g/mol. The fourth-order valence-corrected chi connectivity index (χ4v) is 13.0. The first-order valence-electron chi connectivity index (χ1n) is 27.1. The van der Waals surface area contributed by atoms with Crippen LogP contribution < -0.4 is 14.7 Å². The number of rotatable bonds is 9. The number of carbonyl (C=O) groups excluding carboxylic acids is 3. The van der Waals surface area contributed by atoms with Gasteiger partial charge < -0.3 is 14.7 Å². The lowest BCUT2D eigenvalue weighted by molar-refractivity contribution is 0.103. The second-order valence-electron chi connectivity index (χ2n) is 22.7. The fraction of sp³-hybridized carbons (Fsp3) is 0.153. The molecule has 3 heterocycles. The number of hydrogen-bond donors (Lipinski definition) is 0. The van der Waals surface area contributed by atoms with Crippen molar-refractivity contribution in [2.45, 2.75) is 70.6 Å². The maximum atomic E-state index is 15.3. The molecule has 0 aromatic heterocycles. The van der Waals surface area contributed by atoms with E-state index in [1.165, 1.54) is 33.4 Å². The van der Waals surface area contributed by atoms with Crippen LogP contribution in [-0.4, -0.2) is 17.3 Å². The van der Waals surface area contributed by atoms with Crippen LogP contribution in [-0.2, 0) is 16.2 Å². The summed E-state index contributed by atoms with van der Waals surface area (Å²) in [7, 11) is 0. The van der Waals surface area contributed by atoms with Crippen LogP contribution in [0.5, 0.6) is 0 Å². The van der Waals surface area contributed by atoms with Gasteiger partial charge in [0.05, 0.1) is 28.4 Å². The van der Waals surface area contributed by atoms with Gasteiger partial charge >= 0.3 is 0 Å². The van der Waals surface area contributed by atoms with Crippen molar-refractivity contribution in [1.82, 2.24) is 0 Å². The Labute approximate surface area is 457 Å². The summed E-state index contributed by atoms with van der Waals surface area (Å²) in [5.74, 6) is -0.903. The van der Waals surface area contributed by atoms with Crippen molar-refractivity contribution in [3.63, 3.8) is 0 Å². The predicted molar refractivity (Wildman–Crippen MR) is 317 cm³/mol. The van der Waals surface area contributed by atoms with Gasteiger partial charge in [0.15, 0.2) is 17.3 Å². The van der Waals surface area contributed by atoms with Crippen molar-refractivity contribution < 1.29 is 14.4 Å². The molecule has 9 aromatic carbocycles. The third-order valence-corrected chi connectivity index (χ3v) is 17.1. The van der Waals surface area contributed by atoms with Gasteiger partial charge in [0.1, 0.15) is 0 Å². The highest BCUT2D eigenvalue weighted by Gasteiger charge is 2.40. The summed E-state index contributed by atoms with van der Waals surface area (Å²) in [6, 6.07) is 70.4. The summed E-state index contributed by atoms with van der Waals surface area (Å²) in [6.07, 6.45) is 6.36. The predicted octanol–water partition coefficient (Wildman–Crippen LogP) is 17.6. The van der Waals surface area contributed by atoms with Gasteiger partial charge in [0.2, 0.25) is 0 Å². The molecule has 0 N–H and O–H groups in total. The van der Waals surface area contributed by atoms with E-state index in [0.717, 1.165) is 64.0 Å². The third kappa shape index (κ3) is 7.64. The van der Waals surface area contributed by atoms with Gasteiger partial charge in [-0.3, -0.25) is 14.4 Å². The number of ketones is 3. The molecule has 4 aliphatic rings. The zero-order valence-electron chi connectivity index (χ0n) is 44.8. The van der Waals surface area contributed by atoms with Crippen LogP contribution in [0.4, 0.5) is 45.5 Å². The molecule has 0 amide bonds. The van der Waals surface area contributed by atoms with E-state index in [1.807, 2.05) is 72.8 Å². The van der Waals surface area contributed by atoms with E-state index in [9.17, 15) is 0 Å². The lowest BCUT2D eigenvalue weighted by atomic mass is 9.70. The Bertz CT molecular complexity index is 3780. The Kier molecular flexibility index (Phi) is 11.4. The van der Waals surface area contributed by atoms with E-state index in [0.29, 0.717) is 16.7 Å². The normalized spacial score (nSPS) is 16.0. The van der Waals surface area contributed by atoms with Crippen molar-refractivity contribution >= 4 is 62.8 Å². The van der Waals surface area contributed by atoms with E-state index in [-0.39, 0.29) is 50.3 Å². The van der Waals surface area contributed by atoms with Gasteiger partial charge in [-0.15, -0.1) is 0 Å². The average Bonchev–Trinajstić information content (AvgIpc) is 3.65. The number of allylic oxidation sites excluding steroid dienone is 3. The van der Waals surface area contributed by atoms with Crippen LogP contribution in [0.25, 0.3) is 0 Å². The first-order valence-corrected chi connectivity index (χ1v) is 27.1. The molecule has 6 nitrogen and oxygen atoms in total. The minimum absolute atomic E-state index is 0.172. The largest absolute Gasteiger partial charge is 0.310 e. The number of benzene rings is 9. The van der Waals surface area contributed by atoms with Crippen LogP contribution in [0.2, 0.25) is 0 Å². The maximum Gasteiger partial charge on any atom is 0.193 e. The van der Waals surface area contributed by atoms with Crippen LogP contribution in [0.1, 0.15) is 130 Å². The minimum Gasteiger partial charge on any atom is -0.310 e. The Balaban J connectivity index is 0.926. The van der Waals surface area contributed by atoms with E-state index >= 15 is 14.4 Å². The molecule has 0 radical (unpaired) electrons. The third-order valence-electron chi connectivity index (χ3n) is 17.1. The summed E-state index contributed by atoms with van der Waals surface area (Å²) < 4.78 is 0. The summed E-state index contributed by atoms with van der Waals surface area (Å²) >= 11 is 0. The van der Waals surface area contributed by atoms with Gasteiger partial charge in [-0.05, 0) is 137 Å². The topological polar surface area (TPSA) is 60.9 Å². The number of fused-ring (bicyclic) bond motifs is 5. The van der Waals surface area contributed by atoms with Gasteiger partial charge in [-0.1, -0.05) is 175 Å². The van der Waals surface area contributed by atoms with E-state index < -0.39 is 0 Å². The zero-order chi connectivity index (χ0) is 53.7. The minimum atomic E-state index is -0.304. The lowest BCUT2D eigenvalue weighted by Crippen LogP contribution is -2.34. The van der Waals surface area contributed by atoms with Gasteiger partial charge in [0, 0.05) is 72.4 Å². The quantitative estimate of drug-likeness (QED) is 0.134. The zero-order valence-corrected chi connectivity index (χ0v) is 44.8. The van der Waals surface area contributed by atoms with E-state index in [4.69, 9.17) is 0 Å². The van der Waals surface area contributed by atoms with Crippen molar-refractivity contribution in [2.24, 2.45) is 0 Å². The second-order valence-corrected chi connectivity index (χ2v) is 22.7.